The molecule has 242 valence electrons. The van der Waals surface area contributed by atoms with Gasteiger partial charge >= 0.3 is 0 Å². The number of furan rings is 2. The Bertz CT molecular complexity index is 3410. The standard InChI is InChI=1S/C48H28N2O2/c1-5-16-41-33(12-1)37-24-26-39-35-14-3-7-18-43(35)51-47(39)45(37)49(41)31-22-20-29(21-23-31)30-10-9-11-32(28-30)50-42-17-6-2-13-34(42)38-25-27-40-36-15-4-8-19-44(36)52-48(40)46(38)50/h1-28H. The molecule has 4 heterocycles. The van der Waals surface area contributed by atoms with Crippen LogP contribution in [0.1, 0.15) is 0 Å². The number of aromatic nitrogens is 2. The lowest BCUT2D eigenvalue weighted by Crippen LogP contribution is -1.95. The van der Waals surface area contributed by atoms with Crippen molar-refractivity contribution in [2.24, 2.45) is 0 Å². The van der Waals surface area contributed by atoms with Crippen LogP contribution in [0.3, 0.4) is 0 Å². The first-order chi connectivity index (χ1) is 25.8. The van der Waals surface area contributed by atoms with Crippen molar-refractivity contribution >= 4 is 87.5 Å². The van der Waals surface area contributed by atoms with E-state index in [0.29, 0.717) is 0 Å². The Morgan fingerprint density at radius 2 is 0.788 bits per heavy atom. The molecule has 0 spiro atoms. The summed E-state index contributed by atoms with van der Waals surface area (Å²) in [6.45, 7) is 0. The highest BCUT2D eigenvalue weighted by molar-refractivity contribution is 6.22. The highest BCUT2D eigenvalue weighted by Crippen LogP contribution is 2.42. The lowest BCUT2D eigenvalue weighted by atomic mass is 10.0. The van der Waals surface area contributed by atoms with Gasteiger partial charge in [0.2, 0.25) is 0 Å². The average molecular weight is 665 g/mol. The largest absolute Gasteiger partial charge is 0.454 e. The minimum atomic E-state index is 0.903. The summed E-state index contributed by atoms with van der Waals surface area (Å²) in [7, 11) is 0. The zero-order chi connectivity index (χ0) is 33.9. The number of para-hydroxylation sites is 4. The fourth-order valence-corrected chi connectivity index (χ4v) is 8.63. The highest BCUT2D eigenvalue weighted by Gasteiger charge is 2.21. The van der Waals surface area contributed by atoms with Crippen molar-refractivity contribution in [3.05, 3.63) is 170 Å². The number of fused-ring (bicyclic) bond motifs is 14. The third-order valence-electron chi connectivity index (χ3n) is 10.9. The maximum atomic E-state index is 6.60. The summed E-state index contributed by atoms with van der Waals surface area (Å²) in [6, 6.07) is 60.5. The van der Waals surface area contributed by atoms with E-state index in [1.165, 1.54) is 21.5 Å². The van der Waals surface area contributed by atoms with Crippen LogP contribution in [0.25, 0.3) is 110 Å². The quantitative estimate of drug-likeness (QED) is 0.188. The van der Waals surface area contributed by atoms with Gasteiger partial charge < -0.3 is 18.0 Å². The van der Waals surface area contributed by atoms with Gasteiger partial charge in [0.25, 0.3) is 0 Å². The van der Waals surface area contributed by atoms with Crippen LogP contribution in [-0.2, 0) is 0 Å². The second-order valence-electron chi connectivity index (χ2n) is 13.7. The van der Waals surface area contributed by atoms with Gasteiger partial charge in [0.1, 0.15) is 11.2 Å². The number of rotatable bonds is 3. The van der Waals surface area contributed by atoms with Crippen LogP contribution >= 0.6 is 0 Å². The molecule has 12 rings (SSSR count). The summed E-state index contributed by atoms with van der Waals surface area (Å²) < 4.78 is 17.9. The molecule has 0 bridgehead atoms. The Morgan fingerprint density at radius 1 is 0.308 bits per heavy atom. The molecule has 4 nitrogen and oxygen atoms in total. The van der Waals surface area contributed by atoms with Crippen molar-refractivity contribution in [2.75, 3.05) is 0 Å². The van der Waals surface area contributed by atoms with Crippen LogP contribution in [0.5, 0.6) is 0 Å². The first kappa shape index (κ1) is 27.7. The number of hydrogen-bond acceptors (Lipinski definition) is 2. The Morgan fingerprint density at radius 3 is 1.37 bits per heavy atom. The second-order valence-corrected chi connectivity index (χ2v) is 13.7. The summed E-state index contributed by atoms with van der Waals surface area (Å²) in [5.74, 6) is 0. The molecule has 0 N–H and O–H groups in total. The highest BCUT2D eigenvalue weighted by atomic mass is 16.3. The van der Waals surface area contributed by atoms with E-state index in [0.717, 1.165) is 88.4 Å². The van der Waals surface area contributed by atoms with E-state index >= 15 is 0 Å². The summed E-state index contributed by atoms with van der Waals surface area (Å²) in [6.07, 6.45) is 0. The van der Waals surface area contributed by atoms with Crippen molar-refractivity contribution in [2.45, 2.75) is 0 Å². The first-order valence-electron chi connectivity index (χ1n) is 17.7. The first-order valence-corrected chi connectivity index (χ1v) is 17.7. The van der Waals surface area contributed by atoms with E-state index in [4.69, 9.17) is 8.83 Å². The van der Waals surface area contributed by atoms with Gasteiger partial charge in [-0.3, -0.25) is 0 Å². The van der Waals surface area contributed by atoms with Crippen LogP contribution < -0.4 is 0 Å². The summed E-state index contributed by atoms with van der Waals surface area (Å²) >= 11 is 0. The van der Waals surface area contributed by atoms with Gasteiger partial charge in [0.15, 0.2) is 11.2 Å². The zero-order valence-electron chi connectivity index (χ0n) is 27.9. The molecule has 0 radical (unpaired) electrons. The average Bonchev–Trinajstić information content (AvgIpc) is 3.96. The van der Waals surface area contributed by atoms with Gasteiger partial charge in [-0.05, 0) is 71.8 Å². The minimum Gasteiger partial charge on any atom is -0.454 e. The van der Waals surface area contributed by atoms with Crippen molar-refractivity contribution in [3.63, 3.8) is 0 Å². The van der Waals surface area contributed by atoms with E-state index in [1.54, 1.807) is 0 Å². The summed E-state index contributed by atoms with van der Waals surface area (Å²) in [5, 5.41) is 9.31. The normalized spacial score (nSPS) is 12.2. The second kappa shape index (κ2) is 10.3. The van der Waals surface area contributed by atoms with E-state index < -0.39 is 0 Å². The van der Waals surface area contributed by atoms with Crippen molar-refractivity contribution < 1.29 is 8.83 Å². The van der Waals surface area contributed by atoms with Crippen LogP contribution in [0, 0.1) is 0 Å². The molecule has 0 aliphatic carbocycles. The third-order valence-corrected chi connectivity index (χ3v) is 10.9. The van der Waals surface area contributed by atoms with E-state index in [2.05, 4.69) is 167 Å². The van der Waals surface area contributed by atoms with E-state index in [-0.39, 0.29) is 0 Å². The predicted molar refractivity (Wildman–Crippen MR) is 215 cm³/mol. The van der Waals surface area contributed by atoms with Crippen LogP contribution in [-0.4, -0.2) is 9.13 Å². The molecule has 4 heteroatoms. The molecule has 0 amide bonds. The zero-order valence-corrected chi connectivity index (χ0v) is 27.9. The van der Waals surface area contributed by atoms with Crippen LogP contribution in [0.4, 0.5) is 0 Å². The molecule has 0 unspecified atom stereocenters. The van der Waals surface area contributed by atoms with E-state index in [9.17, 15) is 0 Å². The molecule has 0 aliphatic heterocycles. The van der Waals surface area contributed by atoms with Crippen molar-refractivity contribution in [3.8, 4) is 22.5 Å². The Kier molecular flexibility index (Phi) is 5.47. The molecule has 0 aliphatic rings. The SMILES string of the molecule is c1cc(-c2ccc(-n3c4ccccc4c4ccc5c6ccccc6oc5c43)cc2)cc(-n2c3ccccc3c3ccc4c5ccccc5oc4c32)c1. The van der Waals surface area contributed by atoms with Crippen molar-refractivity contribution in [1.29, 1.82) is 0 Å². The maximum absolute atomic E-state index is 6.60. The molecule has 52 heavy (non-hydrogen) atoms. The lowest BCUT2D eigenvalue weighted by molar-refractivity contribution is 0.670. The number of hydrogen-bond donors (Lipinski definition) is 0. The molecule has 8 aromatic carbocycles. The monoisotopic (exact) mass is 664 g/mol. The maximum Gasteiger partial charge on any atom is 0.160 e. The molecule has 0 saturated carbocycles. The van der Waals surface area contributed by atoms with Gasteiger partial charge in [-0.25, -0.2) is 0 Å². The number of nitrogens with zero attached hydrogens (tertiary/aromatic N) is 2. The lowest BCUT2D eigenvalue weighted by Gasteiger charge is -2.12. The predicted octanol–water partition coefficient (Wildman–Crippen LogP) is 13.3. The van der Waals surface area contributed by atoms with Gasteiger partial charge in [-0.1, -0.05) is 109 Å². The molecule has 0 fully saturated rings. The fraction of sp³-hybridized carbons (Fsp3) is 0. The van der Waals surface area contributed by atoms with Gasteiger partial charge in [0, 0.05) is 54.5 Å². The van der Waals surface area contributed by atoms with Gasteiger partial charge in [0.05, 0.1) is 22.1 Å². The minimum absolute atomic E-state index is 0.903. The molecule has 0 saturated heterocycles. The topological polar surface area (TPSA) is 36.1 Å². The third kappa shape index (κ3) is 3.70. The fourth-order valence-electron chi connectivity index (χ4n) is 8.63. The molecular formula is C48H28N2O2. The van der Waals surface area contributed by atoms with Crippen molar-refractivity contribution in [1.82, 2.24) is 9.13 Å². The molecular weight excluding hydrogens is 637 g/mol. The summed E-state index contributed by atoms with van der Waals surface area (Å²) in [4.78, 5) is 0. The Balaban J connectivity index is 1.04. The van der Waals surface area contributed by atoms with Crippen LogP contribution in [0.2, 0.25) is 0 Å². The van der Waals surface area contributed by atoms with Gasteiger partial charge in [-0.2, -0.15) is 0 Å². The van der Waals surface area contributed by atoms with Crippen LogP contribution in [0.15, 0.2) is 179 Å². The smallest absolute Gasteiger partial charge is 0.160 e. The molecule has 12 aromatic rings. The molecule has 0 atom stereocenters. The molecule has 4 aromatic heterocycles. The number of benzene rings is 8. The Hall–Kier alpha value is -7.04. The summed E-state index contributed by atoms with van der Waals surface area (Å²) in [5.41, 5.74) is 12.6. The Labute approximate surface area is 296 Å². The van der Waals surface area contributed by atoms with Gasteiger partial charge in [-0.15, -0.1) is 0 Å². The van der Waals surface area contributed by atoms with E-state index in [1.807, 2.05) is 12.1 Å².